The first-order valence-corrected chi connectivity index (χ1v) is 7.61. The largest absolute Gasteiger partial charge is 0.493 e. The van der Waals surface area contributed by atoms with E-state index in [2.05, 4.69) is 0 Å². The summed E-state index contributed by atoms with van der Waals surface area (Å²) in [7, 11) is 0. The van der Waals surface area contributed by atoms with Crippen LogP contribution in [0.5, 0.6) is 11.5 Å². The topological polar surface area (TPSA) is 18.5 Å². The summed E-state index contributed by atoms with van der Waals surface area (Å²) >= 11 is 12.0. The van der Waals surface area contributed by atoms with E-state index in [4.69, 9.17) is 32.7 Å². The molecule has 2 rings (SSSR count). The molecule has 20 heavy (non-hydrogen) atoms. The first-order chi connectivity index (χ1) is 9.63. The number of ether oxygens (including phenoxy) is 2. The van der Waals surface area contributed by atoms with E-state index in [1.165, 1.54) is 0 Å². The lowest BCUT2D eigenvalue weighted by molar-refractivity contribution is 0.245. The highest BCUT2D eigenvalue weighted by Crippen LogP contribution is 2.40. The van der Waals surface area contributed by atoms with Gasteiger partial charge in [0.1, 0.15) is 11.5 Å². The van der Waals surface area contributed by atoms with Gasteiger partial charge in [-0.25, -0.2) is 0 Å². The molecule has 0 aliphatic carbocycles. The Morgan fingerprint density at radius 3 is 2.50 bits per heavy atom. The third-order valence-electron chi connectivity index (χ3n) is 2.80. The van der Waals surface area contributed by atoms with Gasteiger partial charge in [-0.1, -0.05) is 35.9 Å². The summed E-state index contributed by atoms with van der Waals surface area (Å²) in [5, 5.41) is 2.54. The van der Waals surface area contributed by atoms with Gasteiger partial charge in [-0.05, 0) is 20.3 Å². The first kappa shape index (κ1) is 15.3. The molecule has 0 N–H and O–H groups in total. The van der Waals surface area contributed by atoms with Crippen LogP contribution in [-0.2, 0) is 0 Å². The lowest BCUT2D eigenvalue weighted by Crippen LogP contribution is -2.07. The zero-order valence-electron chi connectivity index (χ0n) is 11.7. The van der Waals surface area contributed by atoms with Crippen molar-refractivity contribution < 1.29 is 9.47 Å². The van der Waals surface area contributed by atoms with Crippen molar-refractivity contribution in [3.05, 3.63) is 35.4 Å². The summed E-state index contributed by atoms with van der Waals surface area (Å²) in [6.07, 6.45) is 0.872. The normalized spacial score (nSPS) is 11.1. The summed E-state index contributed by atoms with van der Waals surface area (Å²) in [5.74, 6) is 2.06. The second-order valence-corrected chi connectivity index (χ2v) is 5.57. The molecule has 0 saturated carbocycles. The Hall–Kier alpha value is -1.12. The van der Waals surface area contributed by atoms with Crippen LogP contribution in [0, 0.1) is 0 Å². The van der Waals surface area contributed by atoms with Crippen molar-refractivity contribution >= 4 is 34.0 Å². The maximum absolute atomic E-state index is 6.33. The SMILES string of the molecule is CC(C)Oc1c(Cl)cc(OCCCCl)c2ccccc12. The monoisotopic (exact) mass is 312 g/mol. The van der Waals surface area contributed by atoms with Gasteiger partial charge in [0, 0.05) is 22.7 Å². The minimum absolute atomic E-state index is 0.0684. The molecule has 2 nitrogen and oxygen atoms in total. The molecule has 0 aliphatic rings. The van der Waals surface area contributed by atoms with E-state index < -0.39 is 0 Å². The lowest BCUT2D eigenvalue weighted by Gasteiger charge is -2.17. The molecule has 0 spiro atoms. The van der Waals surface area contributed by atoms with E-state index in [-0.39, 0.29) is 6.10 Å². The maximum Gasteiger partial charge on any atom is 0.146 e. The molecular weight excluding hydrogens is 295 g/mol. The molecular formula is C16H18Cl2O2. The number of rotatable bonds is 6. The zero-order chi connectivity index (χ0) is 14.5. The minimum atomic E-state index is 0.0684. The van der Waals surface area contributed by atoms with Crippen LogP contribution in [-0.4, -0.2) is 18.6 Å². The highest BCUT2D eigenvalue weighted by atomic mass is 35.5. The Bertz CT molecular complexity index is 582. The van der Waals surface area contributed by atoms with Crippen LogP contribution < -0.4 is 9.47 Å². The van der Waals surface area contributed by atoms with Crippen molar-refractivity contribution in [2.24, 2.45) is 0 Å². The van der Waals surface area contributed by atoms with Crippen LogP contribution in [0.3, 0.4) is 0 Å². The minimum Gasteiger partial charge on any atom is -0.493 e. The fourth-order valence-corrected chi connectivity index (χ4v) is 2.35. The van der Waals surface area contributed by atoms with Gasteiger partial charge in [0.25, 0.3) is 0 Å². The molecule has 2 aromatic rings. The van der Waals surface area contributed by atoms with Gasteiger partial charge >= 0.3 is 0 Å². The summed E-state index contributed by atoms with van der Waals surface area (Å²) in [6, 6.07) is 9.76. The first-order valence-electron chi connectivity index (χ1n) is 6.70. The predicted octanol–water partition coefficient (Wildman–Crippen LogP) is 5.29. The highest BCUT2D eigenvalue weighted by Gasteiger charge is 2.14. The van der Waals surface area contributed by atoms with Crippen molar-refractivity contribution in [3.63, 3.8) is 0 Å². The van der Waals surface area contributed by atoms with Crippen molar-refractivity contribution in [3.8, 4) is 11.5 Å². The van der Waals surface area contributed by atoms with Crippen molar-refractivity contribution in [1.29, 1.82) is 0 Å². The Balaban J connectivity index is 2.45. The molecule has 108 valence electrons. The van der Waals surface area contributed by atoms with E-state index in [9.17, 15) is 0 Å². The molecule has 0 unspecified atom stereocenters. The molecule has 0 bridgehead atoms. The van der Waals surface area contributed by atoms with E-state index in [1.807, 2.05) is 44.2 Å². The predicted molar refractivity (Wildman–Crippen MR) is 85.6 cm³/mol. The van der Waals surface area contributed by atoms with Crippen LogP contribution >= 0.6 is 23.2 Å². The van der Waals surface area contributed by atoms with Crippen LogP contribution in [0.4, 0.5) is 0 Å². The van der Waals surface area contributed by atoms with Crippen LogP contribution in [0.1, 0.15) is 20.3 Å². The second-order valence-electron chi connectivity index (χ2n) is 4.79. The van der Waals surface area contributed by atoms with Gasteiger partial charge in [-0.3, -0.25) is 0 Å². The Morgan fingerprint density at radius 1 is 1.15 bits per heavy atom. The maximum atomic E-state index is 6.33. The molecule has 0 fully saturated rings. The standard InChI is InChI=1S/C16H18Cl2O2/c1-11(2)20-16-13-7-4-3-6-12(13)15(10-14(16)18)19-9-5-8-17/h3-4,6-7,10-11H,5,8-9H2,1-2H3. The molecule has 0 heterocycles. The molecule has 0 radical (unpaired) electrons. The van der Waals surface area contributed by atoms with Crippen LogP contribution in [0.15, 0.2) is 30.3 Å². The summed E-state index contributed by atoms with van der Waals surface area (Å²) in [6.45, 7) is 4.54. The highest BCUT2D eigenvalue weighted by molar-refractivity contribution is 6.33. The number of alkyl halides is 1. The van der Waals surface area contributed by atoms with Gasteiger partial charge in [0.2, 0.25) is 0 Å². The van der Waals surface area contributed by atoms with Gasteiger partial charge in [0.15, 0.2) is 0 Å². The van der Waals surface area contributed by atoms with Gasteiger partial charge in [-0.15, -0.1) is 11.6 Å². The second kappa shape index (κ2) is 7.05. The third kappa shape index (κ3) is 3.50. The number of hydrogen-bond acceptors (Lipinski definition) is 2. The summed E-state index contributed by atoms with van der Waals surface area (Å²) in [4.78, 5) is 0. The van der Waals surface area contributed by atoms with E-state index in [1.54, 1.807) is 0 Å². The van der Waals surface area contributed by atoms with Gasteiger partial charge in [-0.2, -0.15) is 0 Å². The molecule has 2 aromatic carbocycles. The average Bonchev–Trinajstić information content (AvgIpc) is 2.43. The van der Waals surface area contributed by atoms with Gasteiger partial charge < -0.3 is 9.47 Å². The van der Waals surface area contributed by atoms with Crippen LogP contribution in [0.2, 0.25) is 5.02 Å². The molecule has 0 aliphatic heterocycles. The Labute approximate surface area is 129 Å². The Morgan fingerprint density at radius 2 is 1.85 bits per heavy atom. The molecule has 4 heteroatoms. The number of benzene rings is 2. The lowest BCUT2D eigenvalue weighted by atomic mass is 10.1. The fourth-order valence-electron chi connectivity index (χ4n) is 1.99. The van der Waals surface area contributed by atoms with Crippen molar-refractivity contribution in [2.45, 2.75) is 26.4 Å². The number of halogens is 2. The van der Waals surface area contributed by atoms with E-state index in [0.29, 0.717) is 23.3 Å². The third-order valence-corrected chi connectivity index (χ3v) is 3.35. The number of hydrogen-bond donors (Lipinski definition) is 0. The quantitative estimate of drug-likeness (QED) is 0.533. The number of fused-ring (bicyclic) bond motifs is 1. The van der Waals surface area contributed by atoms with Crippen molar-refractivity contribution in [2.75, 3.05) is 12.5 Å². The van der Waals surface area contributed by atoms with E-state index in [0.717, 1.165) is 22.9 Å². The average molecular weight is 313 g/mol. The zero-order valence-corrected chi connectivity index (χ0v) is 13.2. The van der Waals surface area contributed by atoms with Gasteiger partial charge in [0.05, 0.1) is 17.7 Å². The molecule has 0 atom stereocenters. The molecule has 0 amide bonds. The molecule has 0 aromatic heterocycles. The van der Waals surface area contributed by atoms with Crippen molar-refractivity contribution in [1.82, 2.24) is 0 Å². The smallest absolute Gasteiger partial charge is 0.146 e. The van der Waals surface area contributed by atoms with Crippen LogP contribution in [0.25, 0.3) is 10.8 Å². The van der Waals surface area contributed by atoms with E-state index >= 15 is 0 Å². The Kier molecular flexibility index (Phi) is 5.38. The summed E-state index contributed by atoms with van der Waals surface area (Å²) < 4.78 is 11.6. The summed E-state index contributed by atoms with van der Waals surface area (Å²) in [5.41, 5.74) is 0. The molecule has 0 saturated heterocycles. The fraction of sp³-hybridized carbons (Fsp3) is 0.375.